The van der Waals surface area contributed by atoms with E-state index < -0.39 is 0 Å². The number of thiazole rings is 1. The molecule has 0 spiro atoms. The molecule has 1 aromatic rings. The van der Waals surface area contributed by atoms with Crippen LogP contribution in [0.5, 0.6) is 0 Å². The lowest BCUT2D eigenvalue weighted by Gasteiger charge is -2.39. The molecule has 1 N–H and O–H groups in total. The zero-order valence-electron chi connectivity index (χ0n) is 13.8. The first-order chi connectivity index (χ1) is 11.6. The van der Waals surface area contributed by atoms with Crippen molar-refractivity contribution in [1.29, 1.82) is 0 Å². The van der Waals surface area contributed by atoms with E-state index in [9.17, 15) is 4.79 Å². The van der Waals surface area contributed by atoms with Crippen LogP contribution in [0.1, 0.15) is 17.6 Å². The summed E-state index contributed by atoms with van der Waals surface area (Å²) < 4.78 is 0. The third-order valence-electron chi connectivity index (χ3n) is 4.43. The number of aryl methyl sites for hydroxylation is 1. The monoisotopic (exact) mass is 360 g/mol. The normalized spacial score (nSPS) is 28.0. The molecule has 3 aliphatic heterocycles. The second-order valence-electron chi connectivity index (χ2n) is 6.40. The molecule has 7 heteroatoms. The largest absolute Gasteiger partial charge is 0.368 e. The minimum absolute atomic E-state index is 0.0617. The third kappa shape index (κ3) is 3.06. The Balaban J connectivity index is 1.56. The van der Waals surface area contributed by atoms with E-state index in [1.165, 1.54) is 0 Å². The molecule has 24 heavy (non-hydrogen) atoms. The summed E-state index contributed by atoms with van der Waals surface area (Å²) in [5.74, 6) is 0.192. The summed E-state index contributed by atoms with van der Waals surface area (Å²) in [4.78, 5) is 21.4. The summed E-state index contributed by atoms with van der Waals surface area (Å²) in [5.41, 5.74) is 2.16. The Morgan fingerprint density at radius 3 is 3.08 bits per heavy atom. The van der Waals surface area contributed by atoms with Gasteiger partial charge in [0.1, 0.15) is 5.01 Å². The Morgan fingerprint density at radius 1 is 1.46 bits per heavy atom. The number of aromatic nitrogens is 1. The number of carbonyl (C=O) groups excluding carboxylic acids is 1. The quantitative estimate of drug-likeness (QED) is 0.823. The number of hydrogen-bond donors (Lipinski definition) is 1. The van der Waals surface area contributed by atoms with Crippen LogP contribution in [0.4, 0.5) is 0 Å². The van der Waals surface area contributed by atoms with Gasteiger partial charge in [-0.25, -0.2) is 4.98 Å². The molecule has 2 unspecified atom stereocenters. The fraction of sp³-hybridized carbons (Fsp3) is 0.412. The third-order valence-corrected chi connectivity index (χ3v) is 7.06. The summed E-state index contributed by atoms with van der Waals surface area (Å²) in [6.07, 6.45) is 8.14. The van der Waals surface area contributed by atoms with E-state index in [2.05, 4.69) is 34.3 Å². The number of nitrogens with zero attached hydrogens (tertiary/aromatic N) is 3. The van der Waals surface area contributed by atoms with Crippen molar-refractivity contribution in [2.45, 2.75) is 25.7 Å². The Hall–Kier alpha value is -1.49. The summed E-state index contributed by atoms with van der Waals surface area (Å²) in [6.45, 7) is 7.13. The highest BCUT2D eigenvalue weighted by Crippen LogP contribution is 2.45. The number of allylic oxidation sites excluding steroid dienone is 1. The molecule has 0 bridgehead atoms. The Labute approximate surface area is 147 Å². The highest BCUT2D eigenvalue weighted by atomic mass is 32.1. The standard InChI is InChI=1S/C17H21N4OPS/c1-11-8-20(6-5-18-11)13-3-4-16-21(9-13)15(22)7-14(23-16)17-19-12(2)10-24-17/h3-4,7,9-11,16,18,23H,5-6,8H2,1-2H3/t11-,16?/m0/s1. The minimum atomic E-state index is 0.0617. The first-order valence-electron chi connectivity index (χ1n) is 8.21. The molecule has 3 atom stereocenters. The molecule has 1 fully saturated rings. The summed E-state index contributed by atoms with van der Waals surface area (Å²) in [6, 6.07) is 0.476. The van der Waals surface area contributed by atoms with Crippen LogP contribution < -0.4 is 5.32 Å². The van der Waals surface area contributed by atoms with Crippen LogP contribution in [-0.2, 0) is 4.79 Å². The van der Waals surface area contributed by atoms with Crippen molar-refractivity contribution in [3.8, 4) is 0 Å². The van der Waals surface area contributed by atoms with Gasteiger partial charge < -0.3 is 15.1 Å². The molecule has 3 aliphatic rings. The van der Waals surface area contributed by atoms with Crippen LogP contribution in [0.3, 0.4) is 0 Å². The van der Waals surface area contributed by atoms with Crippen LogP contribution in [0.2, 0.25) is 0 Å². The molecule has 5 nitrogen and oxygen atoms in total. The van der Waals surface area contributed by atoms with Gasteiger partial charge in [0.05, 0.1) is 11.5 Å². The van der Waals surface area contributed by atoms with Gasteiger partial charge in [0.2, 0.25) is 0 Å². The number of hydrogen-bond acceptors (Lipinski definition) is 5. The molecule has 4 rings (SSSR count). The lowest BCUT2D eigenvalue weighted by Crippen LogP contribution is -2.49. The smallest absolute Gasteiger partial charge is 0.252 e. The van der Waals surface area contributed by atoms with Gasteiger partial charge in [-0.3, -0.25) is 4.79 Å². The van der Waals surface area contributed by atoms with Gasteiger partial charge in [-0.2, -0.15) is 0 Å². The summed E-state index contributed by atoms with van der Waals surface area (Å²) >= 11 is 1.62. The zero-order valence-corrected chi connectivity index (χ0v) is 15.6. The average Bonchev–Trinajstić information content (AvgIpc) is 3.01. The fourth-order valence-electron chi connectivity index (χ4n) is 3.22. The molecule has 4 heterocycles. The van der Waals surface area contributed by atoms with Crippen molar-refractivity contribution in [3.63, 3.8) is 0 Å². The lowest BCUT2D eigenvalue weighted by atomic mass is 10.2. The molecule has 1 saturated heterocycles. The Bertz CT molecular complexity index is 754. The topological polar surface area (TPSA) is 48.5 Å². The van der Waals surface area contributed by atoms with Gasteiger partial charge >= 0.3 is 0 Å². The van der Waals surface area contributed by atoms with Gasteiger partial charge in [0, 0.05) is 54.3 Å². The molecule has 0 aromatic carbocycles. The van der Waals surface area contributed by atoms with Crippen LogP contribution in [-0.4, -0.2) is 52.2 Å². The van der Waals surface area contributed by atoms with Crippen molar-refractivity contribution in [1.82, 2.24) is 20.1 Å². The predicted molar refractivity (Wildman–Crippen MR) is 100 cm³/mol. The summed E-state index contributed by atoms with van der Waals surface area (Å²) in [7, 11) is 0.545. The number of piperazine rings is 1. The number of rotatable bonds is 2. The van der Waals surface area contributed by atoms with Gasteiger partial charge in [0.15, 0.2) is 0 Å². The van der Waals surface area contributed by atoms with Crippen molar-refractivity contribution in [2.24, 2.45) is 0 Å². The highest BCUT2D eigenvalue weighted by Gasteiger charge is 2.30. The highest BCUT2D eigenvalue weighted by molar-refractivity contribution is 7.52. The van der Waals surface area contributed by atoms with E-state index in [0.717, 1.165) is 41.3 Å². The van der Waals surface area contributed by atoms with E-state index in [0.29, 0.717) is 14.6 Å². The summed E-state index contributed by atoms with van der Waals surface area (Å²) in [5, 5.41) is 7.56. The van der Waals surface area contributed by atoms with Crippen molar-refractivity contribution < 1.29 is 4.79 Å². The maximum Gasteiger partial charge on any atom is 0.252 e. The van der Waals surface area contributed by atoms with Crippen molar-refractivity contribution in [2.75, 3.05) is 19.6 Å². The maximum atomic E-state index is 12.6. The predicted octanol–water partition coefficient (Wildman–Crippen LogP) is 2.34. The zero-order chi connectivity index (χ0) is 16.7. The number of nitrogens with one attached hydrogen (secondary N) is 1. The van der Waals surface area contributed by atoms with Gasteiger partial charge in [-0.1, -0.05) is 14.7 Å². The second kappa shape index (κ2) is 6.43. The molecule has 0 radical (unpaired) electrons. The minimum Gasteiger partial charge on any atom is -0.368 e. The molecular weight excluding hydrogens is 339 g/mol. The molecular formula is C17H21N4OPS. The van der Waals surface area contributed by atoms with Crippen LogP contribution >= 0.6 is 19.9 Å². The molecule has 0 saturated carbocycles. The molecule has 0 aliphatic carbocycles. The molecule has 126 valence electrons. The number of amides is 1. The van der Waals surface area contributed by atoms with Crippen molar-refractivity contribution >= 4 is 31.1 Å². The number of fused-ring (bicyclic) bond motifs is 1. The second-order valence-corrected chi connectivity index (χ2v) is 8.68. The van der Waals surface area contributed by atoms with Gasteiger partial charge in [0.25, 0.3) is 5.91 Å². The van der Waals surface area contributed by atoms with E-state index >= 15 is 0 Å². The van der Waals surface area contributed by atoms with Gasteiger partial charge in [-0.15, -0.1) is 11.3 Å². The van der Waals surface area contributed by atoms with E-state index in [1.54, 1.807) is 17.4 Å². The maximum absolute atomic E-state index is 12.6. The first kappa shape index (κ1) is 16.0. The van der Waals surface area contributed by atoms with Crippen LogP contribution in [0.25, 0.3) is 5.31 Å². The van der Waals surface area contributed by atoms with Crippen LogP contribution in [0, 0.1) is 6.92 Å². The Kier molecular flexibility index (Phi) is 4.29. The number of carbonyl (C=O) groups is 1. The van der Waals surface area contributed by atoms with E-state index in [4.69, 9.17) is 0 Å². The first-order valence-corrected chi connectivity index (χ1v) is 10.2. The lowest BCUT2D eigenvalue weighted by molar-refractivity contribution is -0.123. The molecule has 1 amide bonds. The average molecular weight is 360 g/mol. The van der Waals surface area contributed by atoms with E-state index in [1.807, 2.05) is 23.4 Å². The SMILES string of the molecule is Cc1csc(C2=CC(=O)N3C=C(N4CCN[C@@H](C)C4)C=CC3P2)n1. The molecule has 1 aromatic heterocycles. The van der Waals surface area contributed by atoms with Gasteiger partial charge in [-0.05, 0) is 19.9 Å². The van der Waals surface area contributed by atoms with E-state index in [-0.39, 0.29) is 11.7 Å². The van der Waals surface area contributed by atoms with Crippen LogP contribution in [0.15, 0.2) is 35.5 Å². The Morgan fingerprint density at radius 2 is 2.33 bits per heavy atom. The van der Waals surface area contributed by atoms with Crippen molar-refractivity contribution in [3.05, 3.63) is 46.2 Å². The fourth-order valence-corrected chi connectivity index (χ4v) is 5.53.